The Morgan fingerprint density at radius 2 is 1.85 bits per heavy atom. The first-order valence-corrected chi connectivity index (χ1v) is 15.1. The number of carboxylic acid groups (broad SMARTS) is 1. The van der Waals surface area contributed by atoms with Crippen molar-refractivity contribution in [1.29, 1.82) is 0 Å². The third-order valence-corrected chi connectivity index (χ3v) is 9.44. The number of carboxylic acids is 1. The number of hydrogen-bond acceptors (Lipinski definition) is 4. The van der Waals surface area contributed by atoms with E-state index in [1.807, 2.05) is 12.1 Å². The number of rotatable bonds is 7. The lowest BCUT2D eigenvalue weighted by atomic mass is 9.81. The number of halogens is 1. The number of aromatic nitrogens is 1. The van der Waals surface area contributed by atoms with Gasteiger partial charge in [0.25, 0.3) is 0 Å². The van der Waals surface area contributed by atoms with Crippen molar-refractivity contribution in [3.05, 3.63) is 52.5 Å². The molecule has 2 aliphatic heterocycles. The van der Waals surface area contributed by atoms with Crippen LogP contribution in [0.25, 0.3) is 22.2 Å². The Labute approximate surface area is 236 Å². The molecule has 0 spiro atoms. The van der Waals surface area contributed by atoms with Gasteiger partial charge in [-0.15, -0.1) is 0 Å². The summed E-state index contributed by atoms with van der Waals surface area (Å²) in [7, 11) is 1.80. The smallest absolute Gasteiger partial charge is 0.335 e. The molecule has 1 atom stereocenters. The number of methoxy groups -OCH3 is 1. The lowest BCUT2D eigenvalue weighted by Crippen LogP contribution is -2.42. The molecule has 1 unspecified atom stereocenters. The average Bonchev–Trinajstić information content (AvgIpc) is 3.18. The predicted octanol–water partition coefficient (Wildman–Crippen LogP) is 6.89. The van der Waals surface area contributed by atoms with E-state index in [2.05, 4.69) is 32.6 Å². The fourth-order valence-electron chi connectivity index (χ4n) is 7.36. The average molecular weight is 550 g/mol. The number of piperidine rings is 1. The Balaban J connectivity index is 1.40. The van der Waals surface area contributed by atoms with E-state index in [9.17, 15) is 9.90 Å². The molecule has 0 radical (unpaired) electrons. The monoisotopic (exact) mass is 549 g/mol. The van der Waals surface area contributed by atoms with E-state index < -0.39 is 5.97 Å². The topological polar surface area (TPSA) is 57.9 Å². The van der Waals surface area contributed by atoms with Gasteiger partial charge in [0.05, 0.1) is 17.9 Å². The number of ether oxygens (including phenoxy) is 1. The fraction of sp³-hybridized carbons (Fsp3) is 0.531. The van der Waals surface area contributed by atoms with Crippen molar-refractivity contribution >= 4 is 34.2 Å². The zero-order valence-corrected chi connectivity index (χ0v) is 23.8. The molecule has 7 heteroatoms. The summed E-state index contributed by atoms with van der Waals surface area (Å²) < 4.78 is 7.87. The summed E-state index contributed by atoms with van der Waals surface area (Å²) in [5.41, 5.74) is 6.50. The number of likely N-dealkylation sites (tertiary alicyclic amines) is 1. The summed E-state index contributed by atoms with van der Waals surface area (Å²) >= 11 is 6.62. The molecule has 2 aromatic carbocycles. The molecule has 6 rings (SSSR count). The van der Waals surface area contributed by atoms with Crippen LogP contribution in [-0.4, -0.2) is 67.0 Å². The SMILES string of the molecule is COCC1CCCN(CCN2CCn3c(c(C4CCCCC4)c4ccc(C(=O)O)cc43)-c3ccc(Cl)cc32)C1. The maximum Gasteiger partial charge on any atom is 0.335 e. The number of hydrogen-bond donors (Lipinski definition) is 1. The van der Waals surface area contributed by atoms with Gasteiger partial charge in [0.2, 0.25) is 0 Å². The van der Waals surface area contributed by atoms with Crippen LogP contribution < -0.4 is 4.90 Å². The molecule has 2 fully saturated rings. The van der Waals surface area contributed by atoms with Gasteiger partial charge in [0.1, 0.15) is 0 Å². The summed E-state index contributed by atoms with van der Waals surface area (Å²) in [5, 5.41) is 11.8. The standard InChI is InChI=1S/C32H40ClN3O3/c1-39-21-22-6-5-13-34(20-22)14-15-35-16-17-36-29-18-24(32(37)38)9-11-26(29)30(23-7-3-2-4-8-23)31(36)27-12-10-25(33)19-28(27)35/h9-12,18-19,22-23H,2-8,13-17,20-21H2,1H3,(H,37,38). The lowest BCUT2D eigenvalue weighted by Gasteiger charge is -2.34. The van der Waals surface area contributed by atoms with Gasteiger partial charge in [-0.2, -0.15) is 0 Å². The van der Waals surface area contributed by atoms with Crippen molar-refractivity contribution in [3.63, 3.8) is 0 Å². The van der Waals surface area contributed by atoms with Gasteiger partial charge in [-0.3, -0.25) is 0 Å². The summed E-state index contributed by atoms with van der Waals surface area (Å²) in [6.45, 7) is 6.71. The van der Waals surface area contributed by atoms with E-state index in [1.165, 1.54) is 72.8 Å². The van der Waals surface area contributed by atoms with Gasteiger partial charge in [0.15, 0.2) is 0 Å². The largest absolute Gasteiger partial charge is 0.478 e. The lowest BCUT2D eigenvalue weighted by molar-refractivity contribution is 0.0697. The van der Waals surface area contributed by atoms with Crippen LogP contribution in [0.1, 0.15) is 66.8 Å². The molecule has 1 N–H and O–H groups in total. The molecule has 1 aliphatic carbocycles. The van der Waals surface area contributed by atoms with Gasteiger partial charge in [-0.05, 0) is 80.0 Å². The van der Waals surface area contributed by atoms with Crippen molar-refractivity contribution < 1.29 is 14.6 Å². The van der Waals surface area contributed by atoms with Gasteiger partial charge in [-0.1, -0.05) is 36.9 Å². The second-order valence-corrected chi connectivity index (χ2v) is 12.1. The highest BCUT2D eigenvalue weighted by molar-refractivity contribution is 6.31. The van der Waals surface area contributed by atoms with Crippen LogP contribution in [0.2, 0.25) is 5.02 Å². The second-order valence-electron chi connectivity index (χ2n) is 11.7. The molecule has 1 saturated carbocycles. The molecule has 3 aromatic rings. The Hall–Kier alpha value is -2.54. The van der Waals surface area contributed by atoms with Crippen molar-refractivity contribution in [2.24, 2.45) is 5.92 Å². The minimum absolute atomic E-state index is 0.353. The first-order valence-electron chi connectivity index (χ1n) is 14.7. The van der Waals surface area contributed by atoms with Gasteiger partial charge >= 0.3 is 5.97 Å². The highest BCUT2D eigenvalue weighted by atomic mass is 35.5. The molecule has 6 nitrogen and oxygen atoms in total. The number of nitrogens with zero attached hydrogens (tertiary/aromatic N) is 3. The summed E-state index contributed by atoms with van der Waals surface area (Å²) in [6, 6.07) is 12.1. The van der Waals surface area contributed by atoms with Crippen LogP contribution in [0, 0.1) is 5.92 Å². The van der Waals surface area contributed by atoms with Crippen molar-refractivity contribution in [2.75, 3.05) is 51.3 Å². The normalized spacial score (nSPS) is 20.6. The fourth-order valence-corrected chi connectivity index (χ4v) is 7.53. The number of benzene rings is 2. The second kappa shape index (κ2) is 11.5. The van der Waals surface area contributed by atoms with E-state index in [4.69, 9.17) is 16.3 Å². The molecule has 39 heavy (non-hydrogen) atoms. The number of aromatic carboxylic acids is 1. The van der Waals surface area contributed by atoms with Crippen LogP contribution >= 0.6 is 11.6 Å². The molecular weight excluding hydrogens is 510 g/mol. The van der Waals surface area contributed by atoms with Crippen LogP contribution in [0.5, 0.6) is 0 Å². The molecule has 3 aliphatic rings. The molecule has 0 bridgehead atoms. The summed E-state index contributed by atoms with van der Waals surface area (Å²) in [6.07, 6.45) is 8.66. The molecule has 0 amide bonds. The predicted molar refractivity (Wildman–Crippen MR) is 158 cm³/mol. The third kappa shape index (κ3) is 5.31. The quantitative estimate of drug-likeness (QED) is 0.348. The zero-order valence-electron chi connectivity index (χ0n) is 23.0. The zero-order chi connectivity index (χ0) is 26.9. The summed E-state index contributed by atoms with van der Waals surface area (Å²) in [4.78, 5) is 17.0. The highest BCUT2D eigenvalue weighted by Crippen LogP contribution is 2.47. The highest BCUT2D eigenvalue weighted by Gasteiger charge is 2.31. The van der Waals surface area contributed by atoms with Crippen molar-refractivity contribution in [3.8, 4) is 11.3 Å². The third-order valence-electron chi connectivity index (χ3n) is 9.20. The van der Waals surface area contributed by atoms with Gasteiger partial charge < -0.3 is 24.2 Å². The van der Waals surface area contributed by atoms with E-state index >= 15 is 0 Å². The van der Waals surface area contributed by atoms with Gasteiger partial charge in [0, 0.05) is 67.0 Å². The van der Waals surface area contributed by atoms with E-state index in [0.717, 1.165) is 56.4 Å². The maximum absolute atomic E-state index is 11.9. The Morgan fingerprint density at radius 3 is 2.64 bits per heavy atom. The molecule has 1 saturated heterocycles. The summed E-state index contributed by atoms with van der Waals surface area (Å²) in [5.74, 6) is 0.236. The van der Waals surface area contributed by atoms with E-state index in [0.29, 0.717) is 17.4 Å². The van der Waals surface area contributed by atoms with Crippen LogP contribution in [0.15, 0.2) is 36.4 Å². The Kier molecular flexibility index (Phi) is 7.88. The van der Waals surface area contributed by atoms with Crippen molar-refractivity contribution in [2.45, 2.75) is 57.4 Å². The maximum atomic E-state index is 11.9. The molecule has 3 heterocycles. The minimum atomic E-state index is -0.873. The Bertz CT molecular complexity index is 1340. The first kappa shape index (κ1) is 26.7. The van der Waals surface area contributed by atoms with E-state index in [-0.39, 0.29) is 0 Å². The van der Waals surface area contributed by atoms with Crippen molar-refractivity contribution in [1.82, 2.24) is 9.47 Å². The minimum Gasteiger partial charge on any atom is -0.478 e. The van der Waals surface area contributed by atoms with E-state index in [1.54, 1.807) is 13.2 Å². The number of anilines is 1. The number of carbonyl (C=O) groups is 1. The van der Waals surface area contributed by atoms with Gasteiger partial charge in [-0.25, -0.2) is 4.79 Å². The first-order chi connectivity index (χ1) is 19.0. The van der Waals surface area contributed by atoms with Crippen LogP contribution in [0.4, 0.5) is 5.69 Å². The molecule has 208 valence electrons. The molecule has 1 aromatic heterocycles. The molecular formula is C32H40ClN3O3. The van der Waals surface area contributed by atoms with Crippen LogP contribution in [0.3, 0.4) is 0 Å². The van der Waals surface area contributed by atoms with Crippen LogP contribution in [-0.2, 0) is 11.3 Å². The number of fused-ring (bicyclic) bond motifs is 5. The Morgan fingerprint density at radius 1 is 1.00 bits per heavy atom.